The lowest BCUT2D eigenvalue weighted by atomic mass is 10.1. The third-order valence-corrected chi connectivity index (χ3v) is 5.62. The number of ether oxygens (including phenoxy) is 1. The molecule has 6 nitrogen and oxygen atoms in total. The lowest BCUT2D eigenvalue weighted by Crippen LogP contribution is -2.47. The third kappa shape index (κ3) is 5.20. The average molecular weight is 363 g/mol. The van der Waals surface area contributed by atoms with E-state index < -0.39 is 0 Å². The van der Waals surface area contributed by atoms with Gasteiger partial charge >= 0.3 is 0 Å². The molecule has 0 aromatic heterocycles. The van der Waals surface area contributed by atoms with Crippen LogP contribution in [0.1, 0.15) is 24.8 Å². The van der Waals surface area contributed by atoms with E-state index in [4.69, 9.17) is 4.74 Å². The third-order valence-electron chi connectivity index (χ3n) is 4.64. The molecule has 0 aliphatic carbocycles. The largest absolute Gasteiger partial charge is 0.492 e. The smallest absolute Gasteiger partial charge is 0.286 e. The second-order valence-corrected chi connectivity index (χ2v) is 7.70. The number of nitrogens with one attached hydrogen (secondary N) is 2. The summed E-state index contributed by atoms with van der Waals surface area (Å²) < 4.78 is 5.82. The summed E-state index contributed by atoms with van der Waals surface area (Å²) in [6.45, 7) is 2.62. The number of likely N-dealkylation sites (N-methyl/N-ethyl adjacent to an activating group) is 1. The molecule has 2 amide bonds. The lowest BCUT2D eigenvalue weighted by Gasteiger charge is -2.32. The molecule has 1 aromatic rings. The minimum Gasteiger partial charge on any atom is -0.492 e. The number of piperidine rings is 1. The standard InChI is InChI=1S/C18H25N3O3S/c1-21(16-4-2-3-9-19-16)10-11-24-14-7-5-13(6-8-14)12-15-17(22)20-18(23)25-15/h5-8,15-16,19H,2-4,9-12H2,1H3,(H,20,22,23). The molecule has 1 aromatic carbocycles. The molecule has 7 heteroatoms. The molecule has 2 heterocycles. The van der Waals surface area contributed by atoms with Gasteiger partial charge in [-0.15, -0.1) is 0 Å². The van der Waals surface area contributed by atoms with Crippen molar-refractivity contribution < 1.29 is 14.3 Å². The fraction of sp³-hybridized carbons (Fsp3) is 0.556. The number of rotatable bonds is 7. The molecular weight excluding hydrogens is 338 g/mol. The van der Waals surface area contributed by atoms with Crippen LogP contribution in [0.3, 0.4) is 0 Å². The highest BCUT2D eigenvalue weighted by molar-refractivity contribution is 8.15. The first-order valence-corrected chi connectivity index (χ1v) is 9.66. The van der Waals surface area contributed by atoms with Crippen LogP contribution in [-0.2, 0) is 11.2 Å². The van der Waals surface area contributed by atoms with Crippen LogP contribution in [0.2, 0.25) is 0 Å². The molecule has 2 N–H and O–H groups in total. The van der Waals surface area contributed by atoms with Crippen molar-refractivity contribution in [1.82, 2.24) is 15.5 Å². The van der Waals surface area contributed by atoms with E-state index in [-0.39, 0.29) is 16.4 Å². The van der Waals surface area contributed by atoms with Gasteiger partial charge in [0.05, 0.1) is 11.4 Å². The van der Waals surface area contributed by atoms with E-state index in [0.29, 0.717) is 19.2 Å². The summed E-state index contributed by atoms with van der Waals surface area (Å²) in [6, 6.07) is 7.76. The van der Waals surface area contributed by atoms with Crippen LogP contribution in [0.25, 0.3) is 0 Å². The Morgan fingerprint density at radius 2 is 2.04 bits per heavy atom. The van der Waals surface area contributed by atoms with Crippen molar-refractivity contribution in [3.63, 3.8) is 0 Å². The summed E-state index contributed by atoms with van der Waals surface area (Å²) in [7, 11) is 2.13. The number of amides is 2. The Morgan fingerprint density at radius 3 is 2.68 bits per heavy atom. The average Bonchev–Trinajstić information content (AvgIpc) is 2.94. The molecule has 2 fully saturated rings. The van der Waals surface area contributed by atoms with E-state index in [1.807, 2.05) is 24.3 Å². The van der Waals surface area contributed by atoms with Crippen molar-refractivity contribution in [2.45, 2.75) is 37.1 Å². The van der Waals surface area contributed by atoms with Crippen molar-refractivity contribution >= 4 is 22.9 Å². The number of hydrogen-bond donors (Lipinski definition) is 2. The summed E-state index contributed by atoms with van der Waals surface area (Å²) >= 11 is 1.06. The first-order valence-electron chi connectivity index (χ1n) is 8.78. The summed E-state index contributed by atoms with van der Waals surface area (Å²) in [5.74, 6) is 0.628. The summed E-state index contributed by atoms with van der Waals surface area (Å²) in [5.41, 5.74) is 1.03. The molecule has 0 saturated carbocycles. The van der Waals surface area contributed by atoms with Gasteiger partial charge in [-0.25, -0.2) is 0 Å². The Hall–Kier alpha value is -1.57. The Labute approximate surface area is 152 Å². The molecule has 0 spiro atoms. The Morgan fingerprint density at radius 1 is 1.24 bits per heavy atom. The molecule has 2 unspecified atom stereocenters. The minimum atomic E-state index is -0.323. The van der Waals surface area contributed by atoms with E-state index in [1.165, 1.54) is 19.3 Å². The predicted octanol–water partition coefficient (Wildman–Crippen LogP) is 1.99. The van der Waals surface area contributed by atoms with Gasteiger partial charge in [0.15, 0.2) is 0 Å². The van der Waals surface area contributed by atoms with Crippen LogP contribution < -0.4 is 15.4 Å². The van der Waals surface area contributed by atoms with E-state index in [2.05, 4.69) is 22.6 Å². The van der Waals surface area contributed by atoms with Gasteiger partial charge in [-0.2, -0.15) is 0 Å². The van der Waals surface area contributed by atoms with Gasteiger partial charge in [-0.3, -0.25) is 19.8 Å². The quantitative estimate of drug-likeness (QED) is 0.772. The molecule has 3 rings (SSSR count). The highest BCUT2D eigenvalue weighted by Gasteiger charge is 2.31. The normalized spacial score (nSPS) is 23.8. The fourth-order valence-corrected chi connectivity index (χ4v) is 4.00. The van der Waals surface area contributed by atoms with Crippen LogP contribution in [0.4, 0.5) is 4.79 Å². The topological polar surface area (TPSA) is 70.7 Å². The van der Waals surface area contributed by atoms with E-state index in [9.17, 15) is 9.59 Å². The van der Waals surface area contributed by atoms with Gasteiger partial charge < -0.3 is 10.1 Å². The van der Waals surface area contributed by atoms with Crippen molar-refractivity contribution in [2.24, 2.45) is 0 Å². The molecule has 2 aliphatic heterocycles. The van der Waals surface area contributed by atoms with E-state index in [1.54, 1.807) is 0 Å². The summed E-state index contributed by atoms with van der Waals surface area (Å²) in [5, 5.41) is 5.26. The zero-order valence-electron chi connectivity index (χ0n) is 14.5. The van der Waals surface area contributed by atoms with E-state index >= 15 is 0 Å². The maximum atomic E-state index is 11.6. The van der Waals surface area contributed by atoms with Crippen molar-refractivity contribution in [3.05, 3.63) is 29.8 Å². The highest BCUT2D eigenvalue weighted by Crippen LogP contribution is 2.23. The molecule has 2 atom stereocenters. The minimum absolute atomic E-state index is 0.199. The van der Waals surface area contributed by atoms with E-state index in [0.717, 1.165) is 36.2 Å². The fourth-order valence-electron chi connectivity index (χ4n) is 3.14. The number of thioether (sulfide) groups is 1. The van der Waals surface area contributed by atoms with Gasteiger partial charge in [0.1, 0.15) is 12.4 Å². The van der Waals surface area contributed by atoms with Crippen LogP contribution in [0.15, 0.2) is 24.3 Å². The monoisotopic (exact) mass is 363 g/mol. The molecular formula is C18H25N3O3S. The number of benzene rings is 1. The summed E-state index contributed by atoms with van der Waals surface area (Å²) in [6.07, 6.45) is 4.76. The molecule has 0 bridgehead atoms. The second-order valence-electron chi connectivity index (χ2n) is 6.53. The van der Waals surface area contributed by atoms with Gasteiger partial charge in [0.2, 0.25) is 5.91 Å². The van der Waals surface area contributed by atoms with Crippen LogP contribution in [-0.4, -0.2) is 54.2 Å². The maximum Gasteiger partial charge on any atom is 0.286 e. The number of imide groups is 1. The number of nitrogens with zero attached hydrogens (tertiary/aromatic N) is 1. The van der Waals surface area contributed by atoms with Crippen molar-refractivity contribution in [3.8, 4) is 5.75 Å². The highest BCUT2D eigenvalue weighted by atomic mass is 32.2. The number of carbonyl (C=O) groups excluding carboxylic acids is 2. The SMILES string of the molecule is CN(CCOc1ccc(CC2SC(=O)NC2=O)cc1)C1CCCCN1. The molecule has 2 saturated heterocycles. The van der Waals surface area contributed by atoms with Gasteiger partial charge in [-0.05, 0) is 57.0 Å². The number of hydrogen-bond acceptors (Lipinski definition) is 6. The molecule has 25 heavy (non-hydrogen) atoms. The summed E-state index contributed by atoms with van der Waals surface area (Å²) in [4.78, 5) is 25.1. The molecule has 136 valence electrons. The molecule has 2 aliphatic rings. The Balaban J connectivity index is 1.41. The molecule has 0 radical (unpaired) electrons. The second kappa shape index (κ2) is 8.69. The van der Waals surface area contributed by atoms with Crippen molar-refractivity contribution in [2.75, 3.05) is 26.7 Å². The first kappa shape index (κ1) is 18.2. The zero-order chi connectivity index (χ0) is 17.6. The van der Waals surface area contributed by atoms with Gasteiger partial charge in [-0.1, -0.05) is 23.9 Å². The predicted molar refractivity (Wildman–Crippen MR) is 98.8 cm³/mol. The maximum absolute atomic E-state index is 11.6. The van der Waals surface area contributed by atoms with Crippen LogP contribution >= 0.6 is 11.8 Å². The lowest BCUT2D eigenvalue weighted by molar-refractivity contribution is -0.118. The van der Waals surface area contributed by atoms with Crippen molar-refractivity contribution in [1.29, 1.82) is 0 Å². The van der Waals surface area contributed by atoms with Crippen LogP contribution in [0, 0.1) is 0 Å². The van der Waals surface area contributed by atoms with Crippen LogP contribution in [0.5, 0.6) is 5.75 Å². The zero-order valence-corrected chi connectivity index (χ0v) is 15.3. The Bertz CT molecular complexity index is 602. The Kier molecular flexibility index (Phi) is 6.34. The van der Waals surface area contributed by atoms with Gasteiger partial charge in [0, 0.05) is 6.54 Å². The van der Waals surface area contributed by atoms with Gasteiger partial charge in [0.25, 0.3) is 5.24 Å². The first-order chi connectivity index (χ1) is 12.1. The number of carbonyl (C=O) groups is 2.